The Kier molecular flexibility index (Phi) is 3.67. The van der Waals surface area contributed by atoms with Crippen LogP contribution in [0.25, 0.3) is 0 Å². The Morgan fingerprint density at radius 1 is 1.16 bits per heavy atom. The summed E-state index contributed by atoms with van der Waals surface area (Å²) in [5.74, 6) is 0.329. The molecule has 0 bridgehead atoms. The molecule has 0 amide bonds. The lowest BCUT2D eigenvalue weighted by Crippen LogP contribution is -2.11. The maximum absolute atomic E-state index is 13.9. The number of halogens is 1. The molecule has 0 saturated carbocycles. The van der Waals surface area contributed by atoms with Crippen molar-refractivity contribution in [3.63, 3.8) is 0 Å². The van der Waals surface area contributed by atoms with Crippen LogP contribution in [0.3, 0.4) is 0 Å². The summed E-state index contributed by atoms with van der Waals surface area (Å²) in [4.78, 5) is 1.72. The molecule has 0 fully saturated rings. The number of nitriles is 1. The molecule has 0 unspecified atom stereocenters. The molecule has 0 N–H and O–H groups in total. The van der Waals surface area contributed by atoms with Gasteiger partial charge in [-0.15, -0.1) is 0 Å². The molecule has 0 aromatic heterocycles. The Morgan fingerprint density at radius 2 is 1.84 bits per heavy atom. The maximum Gasteiger partial charge on any atom is 0.148 e. The van der Waals surface area contributed by atoms with Crippen LogP contribution in [0.1, 0.15) is 5.56 Å². The van der Waals surface area contributed by atoms with Crippen molar-refractivity contribution in [2.24, 2.45) is 0 Å². The number of hydrogen-bond acceptors (Lipinski definition) is 3. The number of rotatable bonds is 3. The van der Waals surface area contributed by atoms with E-state index >= 15 is 0 Å². The molecule has 96 valence electrons. The van der Waals surface area contributed by atoms with Gasteiger partial charge < -0.3 is 9.64 Å². The highest BCUT2D eigenvalue weighted by atomic mass is 19.1. The lowest BCUT2D eigenvalue weighted by Gasteiger charge is -2.20. The molecular formula is C15H13FN2O. The summed E-state index contributed by atoms with van der Waals surface area (Å²) in [6.45, 7) is 0. The highest BCUT2D eigenvalue weighted by Gasteiger charge is 2.10. The summed E-state index contributed by atoms with van der Waals surface area (Å²) < 4.78 is 19.0. The van der Waals surface area contributed by atoms with Gasteiger partial charge in [0.15, 0.2) is 0 Å². The van der Waals surface area contributed by atoms with Crippen molar-refractivity contribution in [1.29, 1.82) is 5.26 Å². The molecule has 0 heterocycles. The van der Waals surface area contributed by atoms with Crippen LogP contribution >= 0.6 is 0 Å². The van der Waals surface area contributed by atoms with Crippen molar-refractivity contribution in [3.8, 4) is 11.8 Å². The van der Waals surface area contributed by atoms with Gasteiger partial charge in [0.2, 0.25) is 0 Å². The normalized spacial score (nSPS) is 9.79. The van der Waals surface area contributed by atoms with Gasteiger partial charge in [-0.3, -0.25) is 0 Å². The van der Waals surface area contributed by atoms with Gasteiger partial charge in [-0.05, 0) is 42.5 Å². The molecule has 2 aromatic rings. The van der Waals surface area contributed by atoms with Gasteiger partial charge in [-0.2, -0.15) is 5.26 Å². The Balaban J connectivity index is 2.33. The maximum atomic E-state index is 13.9. The first-order valence-electron chi connectivity index (χ1n) is 5.73. The number of hydrogen-bond donors (Lipinski definition) is 0. The minimum atomic E-state index is -0.419. The predicted molar refractivity (Wildman–Crippen MR) is 72.2 cm³/mol. The minimum Gasteiger partial charge on any atom is -0.497 e. The van der Waals surface area contributed by atoms with Crippen molar-refractivity contribution in [2.75, 3.05) is 19.1 Å². The first-order chi connectivity index (χ1) is 9.15. The zero-order valence-electron chi connectivity index (χ0n) is 10.7. The number of nitrogens with zero attached hydrogens (tertiary/aromatic N) is 2. The Morgan fingerprint density at radius 3 is 2.37 bits per heavy atom. The van der Waals surface area contributed by atoms with Crippen molar-refractivity contribution in [1.82, 2.24) is 0 Å². The van der Waals surface area contributed by atoms with Gasteiger partial charge in [-0.1, -0.05) is 0 Å². The second kappa shape index (κ2) is 5.40. The van der Waals surface area contributed by atoms with Crippen LogP contribution in [0.15, 0.2) is 42.5 Å². The quantitative estimate of drug-likeness (QED) is 0.843. The zero-order chi connectivity index (χ0) is 13.8. The van der Waals surface area contributed by atoms with E-state index in [1.54, 1.807) is 31.2 Å². The minimum absolute atomic E-state index is 0.310. The molecule has 0 aliphatic rings. The molecule has 0 radical (unpaired) electrons. The topological polar surface area (TPSA) is 36.3 Å². The van der Waals surface area contributed by atoms with E-state index in [4.69, 9.17) is 10.00 Å². The van der Waals surface area contributed by atoms with Crippen LogP contribution in [0.5, 0.6) is 5.75 Å². The van der Waals surface area contributed by atoms with E-state index in [0.717, 1.165) is 11.4 Å². The molecule has 0 spiro atoms. The number of anilines is 2. The molecule has 4 heteroatoms. The van der Waals surface area contributed by atoms with Gasteiger partial charge in [0, 0.05) is 12.7 Å². The van der Waals surface area contributed by atoms with E-state index in [2.05, 4.69) is 0 Å². The van der Waals surface area contributed by atoms with Crippen molar-refractivity contribution < 1.29 is 9.13 Å². The van der Waals surface area contributed by atoms with Crippen LogP contribution in [0.4, 0.5) is 15.8 Å². The molecule has 0 atom stereocenters. The third kappa shape index (κ3) is 2.66. The van der Waals surface area contributed by atoms with Gasteiger partial charge in [0.1, 0.15) is 11.6 Å². The van der Waals surface area contributed by atoms with Crippen LogP contribution in [-0.2, 0) is 0 Å². The highest BCUT2D eigenvalue weighted by Crippen LogP contribution is 2.28. The van der Waals surface area contributed by atoms with E-state index in [1.165, 1.54) is 6.07 Å². The summed E-state index contributed by atoms with van der Waals surface area (Å²) >= 11 is 0. The van der Waals surface area contributed by atoms with Crippen molar-refractivity contribution in [2.45, 2.75) is 0 Å². The van der Waals surface area contributed by atoms with E-state index in [9.17, 15) is 4.39 Å². The first kappa shape index (κ1) is 12.9. The van der Waals surface area contributed by atoms with Crippen molar-refractivity contribution in [3.05, 3.63) is 53.8 Å². The van der Waals surface area contributed by atoms with E-state index in [1.807, 2.05) is 30.3 Å². The van der Waals surface area contributed by atoms with Gasteiger partial charge in [0.05, 0.1) is 24.4 Å². The highest BCUT2D eigenvalue weighted by molar-refractivity contribution is 5.64. The molecule has 19 heavy (non-hydrogen) atoms. The average molecular weight is 256 g/mol. The lowest BCUT2D eigenvalue weighted by atomic mass is 10.2. The van der Waals surface area contributed by atoms with Gasteiger partial charge in [0.25, 0.3) is 0 Å². The van der Waals surface area contributed by atoms with Gasteiger partial charge >= 0.3 is 0 Å². The van der Waals surface area contributed by atoms with E-state index < -0.39 is 5.82 Å². The molecule has 2 aromatic carbocycles. The van der Waals surface area contributed by atoms with Crippen LogP contribution < -0.4 is 9.64 Å². The fourth-order valence-corrected chi connectivity index (χ4v) is 1.79. The zero-order valence-corrected chi connectivity index (χ0v) is 10.7. The Labute approximate surface area is 111 Å². The SMILES string of the molecule is COc1ccc(N(C)c2ccc(C#N)cc2F)cc1. The summed E-state index contributed by atoms with van der Waals surface area (Å²) in [5.41, 5.74) is 1.57. The average Bonchev–Trinajstić information content (AvgIpc) is 2.46. The standard InChI is InChI=1S/C15H13FN2O/c1-18(12-4-6-13(19-2)7-5-12)15-8-3-11(10-17)9-14(15)16/h3-9H,1-2H3. The summed E-state index contributed by atoms with van der Waals surface area (Å²) in [5, 5.41) is 8.72. The number of methoxy groups -OCH3 is 1. The van der Waals surface area contributed by atoms with Crippen LogP contribution in [0, 0.1) is 17.1 Å². The van der Waals surface area contributed by atoms with Gasteiger partial charge in [-0.25, -0.2) is 4.39 Å². The number of benzene rings is 2. The summed E-state index contributed by atoms with van der Waals surface area (Å²) in [6, 6.07) is 13.6. The van der Waals surface area contributed by atoms with E-state index in [-0.39, 0.29) is 0 Å². The third-order valence-corrected chi connectivity index (χ3v) is 2.90. The lowest BCUT2D eigenvalue weighted by molar-refractivity contribution is 0.415. The molecule has 0 saturated heterocycles. The van der Waals surface area contributed by atoms with E-state index in [0.29, 0.717) is 11.3 Å². The second-order valence-electron chi connectivity index (χ2n) is 4.04. The fourth-order valence-electron chi connectivity index (χ4n) is 1.79. The van der Waals surface area contributed by atoms with Crippen LogP contribution in [-0.4, -0.2) is 14.2 Å². The summed E-state index contributed by atoms with van der Waals surface area (Å²) in [6.07, 6.45) is 0. The molecule has 2 rings (SSSR count). The first-order valence-corrected chi connectivity index (χ1v) is 5.73. The Hall–Kier alpha value is -2.54. The monoisotopic (exact) mass is 256 g/mol. The third-order valence-electron chi connectivity index (χ3n) is 2.90. The molecule has 0 aliphatic heterocycles. The molecular weight excluding hydrogens is 243 g/mol. The summed E-state index contributed by atoms with van der Waals surface area (Å²) in [7, 11) is 3.37. The fraction of sp³-hybridized carbons (Fsp3) is 0.133. The second-order valence-corrected chi connectivity index (χ2v) is 4.04. The predicted octanol–water partition coefficient (Wildman–Crippen LogP) is 3.47. The molecule has 0 aliphatic carbocycles. The molecule has 3 nitrogen and oxygen atoms in total. The van der Waals surface area contributed by atoms with Crippen LogP contribution in [0.2, 0.25) is 0 Å². The smallest absolute Gasteiger partial charge is 0.148 e. The Bertz CT molecular complexity index is 617. The number of ether oxygens (including phenoxy) is 1. The largest absolute Gasteiger partial charge is 0.497 e. The van der Waals surface area contributed by atoms with Crippen molar-refractivity contribution >= 4 is 11.4 Å².